The fourth-order valence-corrected chi connectivity index (χ4v) is 4.34. The van der Waals surface area contributed by atoms with E-state index in [0.717, 1.165) is 4.47 Å². The van der Waals surface area contributed by atoms with Gasteiger partial charge in [0.1, 0.15) is 0 Å². The third-order valence-electron chi connectivity index (χ3n) is 5.24. The van der Waals surface area contributed by atoms with Crippen LogP contribution in [0.3, 0.4) is 0 Å². The molecule has 0 spiro atoms. The van der Waals surface area contributed by atoms with Gasteiger partial charge in [-0.2, -0.15) is 0 Å². The summed E-state index contributed by atoms with van der Waals surface area (Å²) >= 11 is 3.43. The van der Waals surface area contributed by atoms with Crippen molar-refractivity contribution in [1.82, 2.24) is 9.97 Å². The average Bonchev–Trinajstić information content (AvgIpc) is 3.24. The van der Waals surface area contributed by atoms with Crippen molar-refractivity contribution >= 4 is 50.6 Å². The molecule has 1 aliphatic rings. The zero-order valence-corrected chi connectivity index (χ0v) is 17.4. The number of carbonyl (C=O) groups is 2. The molecule has 31 heavy (non-hydrogen) atoms. The van der Waals surface area contributed by atoms with Crippen LogP contribution in [-0.4, -0.2) is 32.2 Å². The maximum Gasteiger partial charge on any atom is 0.411 e. The van der Waals surface area contributed by atoms with E-state index < -0.39 is 11.8 Å². The number of nitrogens with zero attached hydrogens (tertiary/aromatic N) is 2. The number of carboxylic acid groups (broad SMARTS) is 1. The van der Waals surface area contributed by atoms with Crippen LogP contribution in [0.4, 0.5) is 16.4 Å². The molecule has 0 radical (unpaired) electrons. The molecule has 154 valence electrons. The second kappa shape index (κ2) is 6.93. The van der Waals surface area contributed by atoms with Gasteiger partial charge in [0.25, 0.3) is 5.91 Å². The molecule has 1 aliphatic heterocycles. The first-order chi connectivity index (χ1) is 14.9. The quantitative estimate of drug-likeness (QED) is 0.350. The summed E-state index contributed by atoms with van der Waals surface area (Å²) in [5.74, 6) is -0.257. The van der Waals surface area contributed by atoms with E-state index >= 15 is 0 Å². The Morgan fingerprint density at radius 2 is 1.90 bits per heavy atom. The Morgan fingerprint density at radius 1 is 1.10 bits per heavy atom. The molecule has 5 rings (SSSR count). The summed E-state index contributed by atoms with van der Waals surface area (Å²) in [6.45, 7) is 0. The molecule has 4 N–H and O–H groups in total. The van der Waals surface area contributed by atoms with E-state index in [1.54, 1.807) is 60.7 Å². The van der Waals surface area contributed by atoms with Gasteiger partial charge in [0, 0.05) is 26.9 Å². The average molecular weight is 479 g/mol. The van der Waals surface area contributed by atoms with Gasteiger partial charge in [-0.25, -0.2) is 9.78 Å². The number of imidazole rings is 1. The highest BCUT2D eigenvalue weighted by Gasteiger charge is 2.50. The Labute approximate surface area is 184 Å². The van der Waals surface area contributed by atoms with Crippen LogP contribution in [0.2, 0.25) is 0 Å². The lowest BCUT2D eigenvalue weighted by Crippen LogP contribution is -2.45. The number of nitrogens with one attached hydrogen (secondary N) is 2. The van der Waals surface area contributed by atoms with E-state index in [1.807, 2.05) is 6.07 Å². The number of aromatic nitrogens is 2. The summed E-state index contributed by atoms with van der Waals surface area (Å²) in [7, 11) is 0. The van der Waals surface area contributed by atoms with Crippen LogP contribution in [-0.2, 0) is 5.72 Å². The molecule has 4 aromatic rings. The number of rotatable bonds is 3. The predicted octanol–water partition coefficient (Wildman–Crippen LogP) is 4.27. The normalized spacial score (nSPS) is 17.7. The Bertz CT molecular complexity index is 1370. The van der Waals surface area contributed by atoms with E-state index in [4.69, 9.17) is 5.11 Å². The number of amides is 2. The van der Waals surface area contributed by atoms with Crippen LogP contribution in [0.25, 0.3) is 11.0 Å². The summed E-state index contributed by atoms with van der Waals surface area (Å²) < 4.78 is 0.768. The van der Waals surface area contributed by atoms with Crippen molar-refractivity contribution in [3.63, 3.8) is 0 Å². The van der Waals surface area contributed by atoms with Gasteiger partial charge in [-0.1, -0.05) is 46.3 Å². The molecule has 1 unspecified atom stereocenters. The molecule has 0 aliphatic carbocycles. The Balaban J connectivity index is 1.72. The van der Waals surface area contributed by atoms with Gasteiger partial charge in [-0.05, 0) is 36.4 Å². The van der Waals surface area contributed by atoms with Gasteiger partial charge < -0.3 is 15.2 Å². The molecule has 8 nitrogen and oxygen atoms in total. The Hall–Kier alpha value is -3.69. The molecule has 2 amide bonds. The molecule has 0 fully saturated rings. The Morgan fingerprint density at radius 3 is 2.68 bits per heavy atom. The van der Waals surface area contributed by atoms with E-state index in [-0.39, 0.29) is 11.9 Å². The van der Waals surface area contributed by atoms with E-state index in [9.17, 15) is 14.7 Å². The first kappa shape index (κ1) is 19.3. The fourth-order valence-electron chi connectivity index (χ4n) is 3.95. The number of aromatic amines is 1. The zero-order valence-electron chi connectivity index (χ0n) is 15.8. The number of H-pyrrole nitrogens is 1. The lowest BCUT2D eigenvalue weighted by molar-refractivity contribution is 0.0704. The highest BCUT2D eigenvalue weighted by molar-refractivity contribution is 9.10. The van der Waals surface area contributed by atoms with Gasteiger partial charge in [-0.15, -0.1) is 0 Å². The number of hydrogen-bond acceptors (Lipinski definition) is 4. The molecule has 0 bridgehead atoms. The number of anilines is 2. The van der Waals surface area contributed by atoms with Crippen LogP contribution in [0.5, 0.6) is 0 Å². The number of carbonyl (C=O) groups excluding carboxylic acids is 1. The van der Waals surface area contributed by atoms with Gasteiger partial charge in [0.15, 0.2) is 5.72 Å². The van der Waals surface area contributed by atoms with Gasteiger partial charge in [0.2, 0.25) is 5.95 Å². The summed E-state index contributed by atoms with van der Waals surface area (Å²) in [6.07, 6.45) is -1.24. The number of hydrogen-bond donors (Lipinski definition) is 4. The first-order valence-electron chi connectivity index (χ1n) is 9.30. The summed E-state index contributed by atoms with van der Waals surface area (Å²) in [4.78, 5) is 32.7. The van der Waals surface area contributed by atoms with Crippen LogP contribution in [0, 0.1) is 0 Å². The van der Waals surface area contributed by atoms with Crippen molar-refractivity contribution in [1.29, 1.82) is 0 Å². The summed E-state index contributed by atoms with van der Waals surface area (Å²) in [5, 5.41) is 23.1. The minimum Gasteiger partial charge on any atom is -0.465 e. The van der Waals surface area contributed by atoms with Crippen LogP contribution >= 0.6 is 15.9 Å². The highest BCUT2D eigenvalue weighted by Crippen LogP contribution is 2.45. The molecule has 2 heterocycles. The molecule has 1 aromatic heterocycles. The van der Waals surface area contributed by atoms with Crippen molar-refractivity contribution in [3.8, 4) is 0 Å². The van der Waals surface area contributed by atoms with E-state index in [2.05, 4.69) is 31.2 Å². The second-order valence-electron chi connectivity index (χ2n) is 7.09. The SMILES string of the molecule is O=C(O)Nc1nc2ccc(C3(O)c4ccccc4C(=O)N3c3cccc(Br)c3)cc2[nH]1. The van der Waals surface area contributed by atoms with Crippen molar-refractivity contribution < 1.29 is 19.8 Å². The largest absolute Gasteiger partial charge is 0.465 e. The molecule has 0 saturated heterocycles. The third kappa shape index (κ3) is 2.97. The van der Waals surface area contributed by atoms with Gasteiger partial charge in [0.05, 0.1) is 11.0 Å². The van der Waals surface area contributed by atoms with Crippen molar-refractivity contribution in [3.05, 3.63) is 87.9 Å². The second-order valence-corrected chi connectivity index (χ2v) is 8.00. The maximum atomic E-state index is 13.3. The predicted molar refractivity (Wildman–Crippen MR) is 118 cm³/mol. The number of benzene rings is 3. The third-order valence-corrected chi connectivity index (χ3v) is 5.73. The summed E-state index contributed by atoms with van der Waals surface area (Å²) in [5.41, 5.74) is 1.09. The molecule has 3 aromatic carbocycles. The lowest BCUT2D eigenvalue weighted by atomic mass is 9.93. The van der Waals surface area contributed by atoms with Crippen molar-refractivity contribution in [2.75, 3.05) is 10.2 Å². The van der Waals surface area contributed by atoms with E-state index in [0.29, 0.717) is 33.4 Å². The first-order valence-corrected chi connectivity index (χ1v) is 10.1. The minimum atomic E-state index is -1.77. The summed E-state index contributed by atoms with van der Waals surface area (Å²) in [6, 6.07) is 19.1. The van der Waals surface area contributed by atoms with Crippen molar-refractivity contribution in [2.24, 2.45) is 0 Å². The topological polar surface area (TPSA) is 119 Å². The van der Waals surface area contributed by atoms with E-state index in [1.165, 1.54) is 4.90 Å². The molecule has 1 atom stereocenters. The molecular formula is C22H15BrN4O4. The van der Waals surface area contributed by atoms with Crippen LogP contribution in [0.1, 0.15) is 21.5 Å². The maximum absolute atomic E-state index is 13.3. The van der Waals surface area contributed by atoms with Crippen molar-refractivity contribution in [2.45, 2.75) is 5.72 Å². The number of halogens is 1. The zero-order chi connectivity index (χ0) is 21.8. The van der Waals surface area contributed by atoms with Gasteiger partial charge >= 0.3 is 6.09 Å². The van der Waals surface area contributed by atoms with Crippen LogP contribution in [0.15, 0.2) is 71.2 Å². The molecule has 9 heteroatoms. The highest BCUT2D eigenvalue weighted by atomic mass is 79.9. The molecule has 0 saturated carbocycles. The number of fused-ring (bicyclic) bond motifs is 2. The monoisotopic (exact) mass is 478 g/mol. The smallest absolute Gasteiger partial charge is 0.411 e. The molecular weight excluding hydrogens is 464 g/mol. The van der Waals surface area contributed by atoms with Gasteiger partial charge in [-0.3, -0.25) is 15.0 Å². The fraction of sp³-hybridized carbons (Fsp3) is 0.0455. The minimum absolute atomic E-state index is 0.0679. The Kier molecular flexibility index (Phi) is 4.31. The van der Waals surface area contributed by atoms with Crippen LogP contribution < -0.4 is 10.2 Å². The lowest BCUT2D eigenvalue weighted by Gasteiger charge is -2.35. The number of aliphatic hydroxyl groups is 1. The standard InChI is InChI=1S/C22H15BrN4O4/c23-13-4-3-5-14(11-13)27-19(28)15-6-1-2-7-16(15)22(27,31)12-8-9-17-18(10-12)25-20(24-17)26-21(29)30/h1-11,31H,(H,29,30)(H2,24,25,26).